The standard InChI is InChI=1S/C17H23NO2S/c1-13-6-3-4-8-17(13)20-12-15(19)11-18-14(2)10-16-7-5-9-21-16/h3-9,14-15,18-19H,10-12H2,1-2H3. The van der Waals surface area contributed by atoms with Crippen LogP contribution in [0.25, 0.3) is 0 Å². The van der Waals surface area contributed by atoms with E-state index < -0.39 is 6.10 Å². The summed E-state index contributed by atoms with van der Waals surface area (Å²) in [6.45, 7) is 4.99. The summed E-state index contributed by atoms with van der Waals surface area (Å²) in [7, 11) is 0. The highest BCUT2D eigenvalue weighted by molar-refractivity contribution is 7.09. The highest BCUT2D eigenvalue weighted by Gasteiger charge is 2.09. The number of aryl methyl sites for hydroxylation is 1. The van der Waals surface area contributed by atoms with Crippen LogP contribution in [0, 0.1) is 6.92 Å². The van der Waals surface area contributed by atoms with Crippen LogP contribution in [-0.4, -0.2) is 30.4 Å². The number of hydrogen-bond donors (Lipinski definition) is 2. The molecule has 0 aliphatic rings. The molecule has 0 aliphatic carbocycles. The highest BCUT2D eigenvalue weighted by Crippen LogP contribution is 2.16. The molecule has 0 aliphatic heterocycles. The van der Waals surface area contributed by atoms with Crippen molar-refractivity contribution >= 4 is 11.3 Å². The summed E-state index contributed by atoms with van der Waals surface area (Å²) in [5.41, 5.74) is 1.09. The maximum absolute atomic E-state index is 9.99. The van der Waals surface area contributed by atoms with Crippen molar-refractivity contribution in [1.29, 1.82) is 0 Å². The minimum atomic E-state index is -0.504. The van der Waals surface area contributed by atoms with Gasteiger partial charge in [0, 0.05) is 17.5 Å². The lowest BCUT2D eigenvalue weighted by Gasteiger charge is -2.17. The van der Waals surface area contributed by atoms with E-state index in [4.69, 9.17) is 4.74 Å². The normalized spacial score (nSPS) is 13.9. The molecule has 2 unspecified atom stereocenters. The molecule has 21 heavy (non-hydrogen) atoms. The second-order valence-corrected chi connectivity index (χ2v) is 6.36. The van der Waals surface area contributed by atoms with Gasteiger partial charge in [0.15, 0.2) is 0 Å². The third-order valence-corrected chi connectivity index (χ3v) is 4.21. The van der Waals surface area contributed by atoms with Crippen LogP contribution in [0.4, 0.5) is 0 Å². The second-order valence-electron chi connectivity index (χ2n) is 5.32. The Balaban J connectivity index is 1.67. The largest absolute Gasteiger partial charge is 0.491 e. The molecule has 0 spiro atoms. The Labute approximate surface area is 130 Å². The molecule has 2 N–H and O–H groups in total. The molecule has 2 aromatic rings. The van der Waals surface area contributed by atoms with Crippen LogP contribution in [0.15, 0.2) is 41.8 Å². The minimum Gasteiger partial charge on any atom is -0.491 e. The molecule has 114 valence electrons. The number of para-hydroxylation sites is 1. The number of aliphatic hydroxyl groups excluding tert-OH is 1. The molecule has 0 saturated heterocycles. The van der Waals surface area contributed by atoms with Gasteiger partial charge in [-0.25, -0.2) is 0 Å². The fraction of sp³-hybridized carbons (Fsp3) is 0.412. The lowest BCUT2D eigenvalue weighted by Crippen LogP contribution is -2.37. The van der Waals surface area contributed by atoms with Gasteiger partial charge >= 0.3 is 0 Å². The van der Waals surface area contributed by atoms with Crippen LogP contribution in [-0.2, 0) is 6.42 Å². The van der Waals surface area contributed by atoms with Gasteiger partial charge in [-0.15, -0.1) is 11.3 Å². The first-order valence-corrected chi connectivity index (χ1v) is 8.15. The number of hydrogen-bond acceptors (Lipinski definition) is 4. The molecule has 0 amide bonds. The number of thiophene rings is 1. The molecule has 1 aromatic heterocycles. The van der Waals surface area contributed by atoms with E-state index in [1.54, 1.807) is 11.3 Å². The molecule has 0 bridgehead atoms. The number of nitrogens with one attached hydrogen (secondary N) is 1. The maximum Gasteiger partial charge on any atom is 0.122 e. The van der Waals surface area contributed by atoms with Gasteiger partial charge in [0.05, 0.1) is 0 Å². The van der Waals surface area contributed by atoms with Crippen molar-refractivity contribution < 1.29 is 9.84 Å². The van der Waals surface area contributed by atoms with Crippen molar-refractivity contribution in [2.75, 3.05) is 13.2 Å². The van der Waals surface area contributed by atoms with E-state index in [1.165, 1.54) is 4.88 Å². The Morgan fingerprint density at radius 2 is 2.05 bits per heavy atom. The molecule has 2 rings (SSSR count). The topological polar surface area (TPSA) is 41.5 Å². The van der Waals surface area contributed by atoms with E-state index in [0.29, 0.717) is 19.2 Å². The van der Waals surface area contributed by atoms with Gasteiger partial charge in [0.2, 0.25) is 0 Å². The van der Waals surface area contributed by atoms with Crippen LogP contribution in [0.2, 0.25) is 0 Å². The lowest BCUT2D eigenvalue weighted by atomic mass is 10.2. The van der Waals surface area contributed by atoms with Crippen LogP contribution >= 0.6 is 11.3 Å². The Morgan fingerprint density at radius 1 is 1.24 bits per heavy atom. The summed E-state index contributed by atoms with van der Waals surface area (Å²) in [6.07, 6.45) is 0.485. The van der Waals surface area contributed by atoms with Crippen molar-refractivity contribution in [2.45, 2.75) is 32.4 Å². The van der Waals surface area contributed by atoms with Gasteiger partial charge < -0.3 is 15.2 Å². The fourth-order valence-electron chi connectivity index (χ4n) is 2.10. The molecule has 2 atom stereocenters. The molecule has 3 nitrogen and oxygen atoms in total. The van der Waals surface area contributed by atoms with Gasteiger partial charge in [-0.05, 0) is 43.3 Å². The predicted octanol–water partition coefficient (Wildman–Crippen LogP) is 3.02. The Kier molecular flexibility index (Phi) is 6.23. The zero-order chi connectivity index (χ0) is 15.1. The smallest absolute Gasteiger partial charge is 0.122 e. The molecule has 0 fully saturated rings. The molecule has 1 heterocycles. The van der Waals surface area contributed by atoms with Crippen LogP contribution in [0.5, 0.6) is 5.75 Å². The number of rotatable bonds is 8. The molecule has 0 radical (unpaired) electrons. The number of ether oxygens (including phenoxy) is 1. The van der Waals surface area contributed by atoms with Crippen LogP contribution in [0.3, 0.4) is 0 Å². The summed E-state index contributed by atoms with van der Waals surface area (Å²) < 4.78 is 5.65. The SMILES string of the molecule is Cc1ccccc1OCC(O)CNC(C)Cc1cccs1. The van der Waals surface area contributed by atoms with E-state index in [-0.39, 0.29) is 0 Å². The van der Waals surface area contributed by atoms with Crippen LogP contribution < -0.4 is 10.1 Å². The quantitative estimate of drug-likeness (QED) is 0.788. The number of aliphatic hydroxyl groups is 1. The van der Waals surface area contributed by atoms with E-state index in [1.807, 2.05) is 31.2 Å². The average molecular weight is 305 g/mol. The zero-order valence-electron chi connectivity index (χ0n) is 12.6. The Bertz CT molecular complexity index is 527. The van der Waals surface area contributed by atoms with Crippen molar-refractivity contribution in [3.05, 3.63) is 52.2 Å². The second kappa shape index (κ2) is 8.17. The molecule has 4 heteroatoms. The van der Waals surface area contributed by atoms with E-state index >= 15 is 0 Å². The van der Waals surface area contributed by atoms with Crippen molar-refractivity contribution in [3.63, 3.8) is 0 Å². The van der Waals surface area contributed by atoms with Crippen molar-refractivity contribution in [2.24, 2.45) is 0 Å². The van der Waals surface area contributed by atoms with Crippen molar-refractivity contribution in [1.82, 2.24) is 5.32 Å². The molecular weight excluding hydrogens is 282 g/mol. The van der Waals surface area contributed by atoms with E-state index in [0.717, 1.165) is 17.7 Å². The minimum absolute atomic E-state index is 0.309. The third-order valence-electron chi connectivity index (χ3n) is 3.31. The summed E-state index contributed by atoms with van der Waals surface area (Å²) in [6, 6.07) is 12.4. The summed E-state index contributed by atoms with van der Waals surface area (Å²) in [5, 5.41) is 15.4. The first-order valence-electron chi connectivity index (χ1n) is 7.27. The van der Waals surface area contributed by atoms with Gasteiger partial charge in [-0.3, -0.25) is 0 Å². The Hall–Kier alpha value is -1.36. The zero-order valence-corrected chi connectivity index (χ0v) is 13.4. The number of benzene rings is 1. The first-order chi connectivity index (χ1) is 10.1. The first kappa shape index (κ1) is 16.0. The summed E-state index contributed by atoms with van der Waals surface area (Å²) in [5.74, 6) is 0.836. The average Bonchev–Trinajstić information content (AvgIpc) is 2.97. The van der Waals surface area contributed by atoms with Crippen molar-refractivity contribution in [3.8, 4) is 5.75 Å². The van der Waals surface area contributed by atoms with Gasteiger partial charge in [-0.1, -0.05) is 24.3 Å². The fourth-order valence-corrected chi connectivity index (χ4v) is 2.94. The maximum atomic E-state index is 9.99. The Morgan fingerprint density at radius 3 is 2.76 bits per heavy atom. The van der Waals surface area contributed by atoms with E-state index in [9.17, 15) is 5.11 Å². The third kappa shape index (κ3) is 5.50. The monoisotopic (exact) mass is 305 g/mol. The lowest BCUT2D eigenvalue weighted by molar-refractivity contribution is 0.104. The molecule has 0 saturated carbocycles. The predicted molar refractivity (Wildman–Crippen MR) is 88.2 cm³/mol. The van der Waals surface area contributed by atoms with Crippen LogP contribution in [0.1, 0.15) is 17.4 Å². The van der Waals surface area contributed by atoms with Gasteiger partial charge in [0.25, 0.3) is 0 Å². The summed E-state index contributed by atoms with van der Waals surface area (Å²) in [4.78, 5) is 1.36. The van der Waals surface area contributed by atoms with Gasteiger partial charge in [-0.2, -0.15) is 0 Å². The van der Waals surface area contributed by atoms with E-state index in [2.05, 4.69) is 29.8 Å². The summed E-state index contributed by atoms with van der Waals surface area (Å²) >= 11 is 1.77. The molecular formula is C17H23NO2S. The highest BCUT2D eigenvalue weighted by atomic mass is 32.1. The molecule has 1 aromatic carbocycles. The van der Waals surface area contributed by atoms with Gasteiger partial charge in [0.1, 0.15) is 18.5 Å².